The Labute approximate surface area is 156 Å². The standard InChI is InChI=1S/C19H18ClN3O3/c1-23(11-13-6-7-16-17(10-13)25-9-8-24-16)12-18-21-22-19(26-18)14-4-2-3-5-15(14)20/h2-7,10H,8-9,11-12H2,1H3. The zero-order valence-electron chi connectivity index (χ0n) is 14.3. The van der Waals surface area contributed by atoms with E-state index in [-0.39, 0.29) is 0 Å². The zero-order valence-corrected chi connectivity index (χ0v) is 15.1. The molecule has 0 spiro atoms. The van der Waals surface area contributed by atoms with Gasteiger partial charge in [-0.05, 0) is 36.9 Å². The minimum atomic E-state index is 0.429. The van der Waals surface area contributed by atoms with Gasteiger partial charge in [0.15, 0.2) is 11.5 Å². The summed E-state index contributed by atoms with van der Waals surface area (Å²) in [6.45, 7) is 2.43. The molecule has 134 valence electrons. The van der Waals surface area contributed by atoms with E-state index in [1.807, 2.05) is 43.4 Å². The molecule has 1 aliphatic heterocycles. The van der Waals surface area contributed by atoms with E-state index in [1.54, 1.807) is 6.07 Å². The van der Waals surface area contributed by atoms with E-state index in [4.69, 9.17) is 25.5 Å². The lowest BCUT2D eigenvalue weighted by Crippen LogP contribution is -2.18. The number of halogens is 1. The highest BCUT2D eigenvalue weighted by Gasteiger charge is 2.15. The van der Waals surface area contributed by atoms with E-state index >= 15 is 0 Å². The minimum Gasteiger partial charge on any atom is -0.486 e. The molecule has 0 amide bonds. The molecule has 0 saturated carbocycles. The van der Waals surface area contributed by atoms with Crippen molar-refractivity contribution < 1.29 is 13.9 Å². The Morgan fingerprint density at radius 1 is 1.00 bits per heavy atom. The first kappa shape index (κ1) is 16.9. The molecule has 0 unspecified atom stereocenters. The number of aromatic nitrogens is 2. The molecule has 0 atom stereocenters. The summed E-state index contributed by atoms with van der Waals surface area (Å²) >= 11 is 6.18. The van der Waals surface area contributed by atoms with Gasteiger partial charge in [-0.2, -0.15) is 0 Å². The highest BCUT2D eigenvalue weighted by atomic mass is 35.5. The number of benzene rings is 2. The quantitative estimate of drug-likeness (QED) is 0.680. The molecule has 4 rings (SSSR count). The van der Waals surface area contributed by atoms with Gasteiger partial charge in [0.25, 0.3) is 0 Å². The fourth-order valence-corrected chi connectivity index (χ4v) is 3.06. The molecule has 0 fully saturated rings. The Bertz CT molecular complexity index is 913. The first-order valence-electron chi connectivity index (χ1n) is 8.33. The van der Waals surface area contributed by atoms with Crippen LogP contribution in [0.1, 0.15) is 11.5 Å². The first-order valence-corrected chi connectivity index (χ1v) is 8.71. The molecule has 6 nitrogen and oxygen atoms in total. The van der Waals surface area contributed by atoms with Gasteiger partial charge in [0.05, 0.1) is 17.1 Å². The van der Waals surface area contributed by atoms with Gasteiger partial charge in [0, 0.05) is 6.54 Å². The van der Waals surface area contributed by atoms with Crippen molar-refractivity contribution in [2.75, 3.05) is 20.3 Å². The molecule has 2 heterocycles. The minimum absolute atomic E-state index is 0.429. The second-order valence-electron chi connectivity index (χ2n) is 6.13. The van der Waals surface area contributed by atoms with Crippen LogP contribution < -0.4 is 9.47 Å². The molecule has 0 N–H and O–H groups in total. The summed E-state index contributed by atoms with van der Waals surface area (Å²) in [5.41, 5.74) is 1.87. The highest BCUT2D eigenvalue weighted by Crippen LogP contribution is 2.31. The first-order chi connectivity index (χ1) is 12.7. The van der Waals surface area contributed by atoms with Crippen molar-refractivity contribution >= 4 is 11.6 Å². The number of rotatable bonds is 5. The van der Waals surface area contributed by atoms with E-state index in [1.165, 1.54) is 0 Å². The summed E-state index contributed by atoms with van der Waals surface area (Å²) in [7, 11) is 2.00. The highest BCUT2D eigenvalue weighted by molar-refractivity contribution is 6.33. The average Bonchev–Trinajstić information content (AvgIpc) is 3.10. The van der Waals surface area contributed by atoms with Crippen molar-refractivity contribution in [1.29, 1.82) is 0 Å². The van der Waals surface area contributed by atoms with Crippen LogP contribution in [0.3, 0.4) is 0 Å². The average molecular weight is 372 g/mol. The molecule has 2 aromatic carbocycles. The molecule has 1 aliphatic rings. The molecule has 0 saturated heterocycles. The van der Waals surface area contributed by atoms with Crippen LogP contribution in [0.4, 0.5) is 0 Å². The molecule has 0 radical (unpaired) electrons. The van der Waals surface area contributed by atoms with Gasteiger partial charge in [0.2, 0.25) is 11.8 Å². The molecule has 0 aliphatic carbocycles. The number of hydrogen-bond donors (Lipinski definition) is 0. The zero-order chi connectivity index (χ0) is 17.9. The number of hydrogen-bond acceptors (Lipinski definition) is 6. The van der Waals surface area contributed by atoms with Gasteiger partial charge in [-0.3, -0.25) is 4.90 Å². The van der Waals surface area contributed by atoms with Crippen LogP contribution >= 0.6 is 11.6 Å². The Kier molecular flexibility index (Phi) is 4.77. The monoisotopic (exact) mass is 371 g/mol. The van der Waals surface area contributed by atoms with Crippen LogP contribution in [0.25, 0.3) is 11.5 Å². The van der Waals surface area contributed by atoms with Crippen LogP contribution in [0.15, 0.2) is 46.9 Å². The maximum atomic E-state index is 6.18. The van der Waals surface area contributed by atoms with E-state index in [0.29, 0.717) is 36.6 Å². The fraction of sp³-hybridized carbons (Fsp3) is 0.263. The summed E-state index contributed by atoms with van der Waals surface area (Å²) in [6, 6.07) is 13.4. The summed E-state index contributed by atoms with van der Waals surface area (Å²) in [5.74, 6) is 2.56. The number of nitrogens with zero attached hydrogens (tertiary/aromatic N) is 3. The maximum Gasteiger partial charge on any atom is 0.249 e. The lowest BCUT2D eigenvalue weighted by Gasteiger charge is -2.20. The van der Waals surface area contributed by atoms with Gasteiger partial charge in [-0.25, -0.2) is 0 Å². The van der Waals surface area contributed by atoms with E-state index < -0.39 is 0 Å². The van der Waals surface area contributed by atoms with Crippen LogP contribution in [0.2, 0.25) is 5.02 Å². The second kappa shape index (κ2) is 7.35. The second-order valence-corrected chi connectivity index (χ2v) is 6.54. The summed E-state index contributed by atoms with van der Waals surface area (Å²) < 4.78 is 16.9. The van der Waals surface area contributed by atoms with Crippen LogP contribution in [0, 0.1) is 0 Å². The van der Waals surface area contributed by atoms with Gasteiger partial charge >= 0.3 is 0 Å². The SMILES string of the molecule is CN(Cc1ccc2c(c1)OCCO2)Cc1nnc(-c2ccccc2Cl)o1. The van der Waals surface area contributed by atoms with Crippen molar-refractivity contribution in [1.82, 2.24) is 15.1 Å². The topological polar surface area (TPSA) is 60.6 Å². The Morgan fingerprint density at radius 2 is 1.81 bits per heavy atom. The lowest BCUT2D eigenvalue weighted by atomic mass is 10.2. The van der Waals surface area contributed by atoms with Crippen molar-refractivity contribution in [2.45, 2.75) is 13.1 Å². The van der Waals surface area contributed by atoms with Crippen LogP contribution in [-0.2, 0) is 13.1 Å². The van der Waals surface area contributed by atoms with Gasteiger partial charge in [-0.1, -0.05) is 29.8 Å². The number of fused-ring (bicyclic) bond motifs is 1. The van der Waals surface area contributed by atoms with Crippen molar-refractivity contribution in [3.8, 4) is 23.0 Å². The molecule has 3 aromatic rings. The molecule has 26 heavy (non-hydrogen) atoms. The van der Waals surface area contributed by atoms with Crippen molar-refractivity contribution in [3.05, 3.63) is 58.9 Å². The largest absolute Gasteiger partial charge is 0.486 e. The molecular formula is C19H18ClN3O3. The smallest absolute Gasteiger partial charge is 0.249 e. The fourth-order valence-electron chi connectivity index (χ4n) is 2.85. The lowest BCUT2D eigenvalue weighted by molar-refractivity contribution is 0.171. The van der Waals surface area contributed by atoms with Gasteiger partial charge in [0.1, 0.15) is 13.2 Å². The van der Waals surface area contributed by atoms with Gasteiger partial charge < -0.3 is 13.9 Å². The van der Waals surface area contributed by atoms with E-state index in [9.17, 15) is 0 Å². The summed E-state index contributed by atoms with van der Waals surface area (Å²) in [4.78, 5) is 2.09. The Hall–Kier alpha value is -2.57. The van der Waals surface area contributed by atoms with Crippen LogP contribution in [0.5, 0.6) is 11.5 Å². The number of ether oxygens (including phenoxy) is 2. The summed E-state index contributed by atoms with van der Waals surface area (Å²) in [5, 5.41) is 8.81. The third-order valence-electron chi connectivity index (χ3n) is 4.04. The summed E-state index contributed by atoms with van der Waals surface area (Å²) in [6.07, 6.45) is 0. The molecule has 0 bridgehead atoms. The van der Waals surface area contributed by atoms with Crippen LogP contribution in [-0.4, -0.2) is 35.4 Å². The van der Waals surface area contributed by atoms with E-state index in [0.717, 1.165) is 29.2 Å². The third kappa shape index (κ3) is 3.66. The Morgan fingerprint density at radius 3 is 2.65 bits per heavy atom. The predicted molar refractivity (Wildman–Crippen MR) is 97.3 cm³/mol. The van der Waals surface area contributed by atoms with Crippen molar-refractivity contribution in [2.24, 2.45) is 0 Å². The molecule has 1 aromatic heterocycles. The molecular weight excluding hydrogens is 354 g/mol. The maximum absolute atomic E-state index is 6.18. The predicted octanol–water partition coefficient (Wildman–Crippen LogP) is 3.79. The third-order valence-corrected chi connectivity index (χ3v) is 4.36. The van der Waals surface area contributed by atoms with Crippen molar-refractivity contribution in [3.63, 3.8) is 0 Å². The molecule has 7 heteroatoms. The van der Waals surface area contributed by atoms with E-state index in [2.05, 4.69) is 15.1 Å². The normalized spacial score (nSPS) is 13.2. The Balaban J connectivity index is 1.42. The van der Waals surface area contributed by atoms with Gasteiger partial charge in [-0.15, -0.1) is 10.2 Å².